The number of methoxy groups -OCH3 is 1. The fourth-order valence-corrected chi connectivity index (χ4v) is 2.40. The van der Waals surface area contributed by atoms with Crippen LogP contribution in [0.1, 0.15) is 48.5 Å². The van der Waals surface area contributed by atoms with E-state index in [2.05, 4.69) is 20.4 Å². The Hall–Kier alpha value is -1.84. The molecule has 0 heterocycles. The molecule has 0 spiro atoms. The van der Waals surface area contributed by atoms with Crippen molar-refractivity contribution in [3.05, 3.63) is 35.4 Å². The summed E-state index contributed by atoms with van der Waals surface area (Å²) in [4.78, 5) is 29.1. The van der Waals surface area contributed by atoms with Gasteiger partial charge >= 0.3 is 5.97 Å². The average molecular weight is 504 g/mol. The van der Waals surface area contributed by atoms with Gasteiger partial charge in [-0.25, -0.2) is 4.99 Å². The van der Waals surface area contributed by atoms with E-state index < -0.39 is 0 Å². The van der Waals surface area contributed by atoms with Gasteiger partial charge in [0.05, 0.1) is 13.7 Å². The lowest BCUT2D eigenvalue weighted by molar-refractivity contribution is -0.140. The van der Waals surface area contributed by atoms with Gasteiger partial charge in [-0.2, -0.15) is 0 Å². The molecule has 1 amide bonds. The zero-order chi connectivity index (χ0) is 20.1. The van der Waals surface area contributed by atoms with Crippen molar-refractivity contribution >= 4 is 41.8 Å². The molecule has 158 valence electrons. The number of aliphatic imine (C=N–C) groups is 1. The molecule has 0 saturated carbocycles. The van der Waals surface area contributed by atoms with Gasteiger partial charge in [-0.05, 0) is 37.5 Å². The molecule has 1 aromatic carbocycles. The molecule has 0 bridgehead atoms. The maximum atomic E-state index is 11.9. The maximum Gasteiger partial charge on any atom is 0.305 e. The van der Waals surface area contributed by atoms with Crippen LogP contribution in [0.25, 0.3) is 0 Å². The molecule has 28 heavy (non-hydrogen) atoms. The number of carbonyl (C=O) groups is 2. The van der Waals surface area contributed by atoms with Crippen LogP contribution in [0, 0.1) is 0 Å². The summed E-state index contributed by atoms with van der Waals surface area (Å²) in [7, 11) is 4.89. The Morgan fingerprint density at radius 1 is 1.07 bits per heavy atom. The van der Waals surface area contributed by atoms with Crippen molar-refractivity contribution < 1.29 is 14.3 Å². The van der Waals surface area contributed by atoms with Crippen molar-refractivity contribution in [2.45, 2.75) is 39.2 Å². The van der Waals surface area contributed by atoms with Crippen LogP contribution in [0.2, 0.25) is 0 Å². The van der Waals surface area contributed by atoms with Gasteiger partial charge in [-0.3, -0.25) is 9.59 Å². The van der Waals surface area contributed by atoms with Crippen LogP contribution in [0.4, 0.5) is 0 Å². The highest BCUT2D eigenvalue weighted by molar-refractivity contribution is 14.0. The van der Waals surface area contributed by atoms with Crippen molar-refractivity contribution in [1.29, 1.82) is 0 Å². The maximum absolute atomic E-state index is 11.9. The normalized spacial score (nSPS) is 10.6. The van der Waals surface area contributed by atoms with Gasteiger partial charge in [0.1, 0.15) is 0 Å². The van der Waals surface area contributed by atoms with Crippen molar-refractivity contribution in [3.8, 4) is 0 Å². The molecule has 0 fully saturated rings. The number of esters is 1. The summed E-state index contributed by atoms with van der Waals surface area (Å²) in [5.74, 6) is 0.599. The molecule has 0 aliphatic rings. The molecule has 1 rings (SSSR count). The molecule has 0 aliphatic carbocycles. The van der Waals surface area contributed by atoms with Gasteiger partial charge in [0.25, 0.3) is 5.91 Å². The van der Waals surface area contributed by atoms with E-state index in [4.69, 9.17) is 0 Å². The molecule has 1 aromatic rings. The van der Waals surface area contributed by atoms with E-state index in [1.807, 2.05) is 31.2 Å². The Morgan fingerprint density at radius 3 is 2.32 bits per heavy atom. The number of amides is 1. The molecule has 0 saturated heterocycles. The molecule has 0 unspecified atom stereocenters. The van der Waals surface area contributed by atoms with E-state index in [9.17, 15) is 9.59 Å². The van der Waals surface area contributed by atoms with Gasteiger partial charge in [0.2, 0.25) is 0 Å². The minimum Gasteiger partial charge on any atom is -0.469 e. The topological polar surface area (TPSA) is 83.0 Å². The van der Waals surface area contributed by atoms with Crippen LogP contribution in [0.15, 0.2) is 29.3 Å². The van der Waals surface area contributed by atoms with Gasteiger partial charge < -0.3 is 20.3 Å². The summed E-state index contributed by atoms with van der Waals surface area (Å²) in [6, 6.07) is 7.51. The lowest BCUT2D eigenvalue weighted by Crippen LogP contribution is -2.37. The Kier molecular flexibility index (Phi) is 14.1. The largest absolute Gasteiger partial charge is 0.469 e. The monoisotopic (exact) mass is 504 g/mol. The fourth-order valence-electron chi connectivity index (χ4n) is 2.40. The first-order valence-electron chi connectivity index (χ1n) is 9.37. The second kappa shape index (κ2) is 15.1. The third-order valence-corrected chi connectivity index (χ3v) is 3.95. The number of nitrogens with zero attached hydrogens (tertiary/aromatic N) is 2. The van der Waals surface area contributed by atoms with E-state index in [1.165, 1.54) is 7.11 Å². The van der Waals surface area contributed by atoms with E-state index in [-0.39, 0.29) is 35.9 Å². The number of hydrogen-bond donors (Lipinski definition) is 2. The SMILES string of the molecule is CCNC(=NCc1ccc(C(=O)N(C)C)cc1)NCCCCCC(=O)OC.I. The van der Waals surface area contributed by atoms with E-state index in [0.29, 0.717) is 18.5 Å². The number of carbonyl (C=O) groups excluding carboxylic acids is 2. The Balaban J connectivity index is 0.00000729. The summed E-state index contributed by atoms with van der Waals surface area (Å²) in [6.07, 6.45) is 3.22. The molecule has 0 radical (unpaired) electrons. The first kappa shape index (κ1) is 26.2. The summed E-state index contributed by atoms with van der Waals surface area (Å²) in [6.45, 7) is 4.14. The number of benzene rings is 1. The molecule has 0 aliphatic heterocycles. The summed E-state index contributed by atoms with van der Waals surface area (Å²) >= 11 is 0. The van der Waals surface area contributed by atoms with Gasteiger partial charge in [-0.1, -0.05) is 18.6 Å². The zero-order valence-electron chi connectivity index (χ0n) is 17.3. The number of halogens is 1. The standard InChI is InChI=1S/C20H32N4O3.HI/c1-5-21-20(22-14-8-6-7-9-18(25)27-4)23-15-16-10-12-17(13-11-16)19(26)24(2)3;/h10-13H,5-9,14-15H2,1-4H3,(H2,21,22,23);1H. The second-order valence-corrected chi connectivity index (χ2v) is 6.41. The summed E-state index contributed by atoms with van der Waals surface area (Å²) in [5, 5.41) is 6.52. The van der Waals surface area contributed by atoms with Crippen LogP contribution in [-0.2, 0) is 16.1 Å². The Morgan fingerprint density at radius 2 is 1.75 bits per heavy atom. The highest BCUT2D eigenvalue weighted by atomic mass is 127. The van der Waals surface area contributed by atoms with Gasteiger partial charge in [0.15, 0.2) is 5.96 Å². The van der Waals surface area contributed by atoms with Crippen LogP contribution in [0.3, 0.4) is 0 Å². The number of nitrogens with one attached hydrogen (secondary N) is 2. The lowest BCUT2D eigenvalue weighted by Gasteiger charge is -2.12. The first-order valence-corrected chi connectivity index (χ1v) is 9.37. The number of unbranched alkanes of at least 4 members (excludes halogenated alkanes) is 2. The number of guanidine groups is 1. The minimum atomic E-state index is -0.156. The Bertz CT molecular complexity index is 618. The van der Waals surface area contributed by atoms with Crippen molar-refractivity contribution in [1.82, 2.24) is 15.5 Å². The molecular formula is C20H33IN4O3. The Labute approximate surface area is 185 Å². The predicted octanol–water partition coefficient (Wildman–Crippen LogP) is 2.79. The van der Waals surface area contributed by atoms with Crippen LogP contribution in [-0.4, -0.2) is 57.0 Å². The van der Waals surface area contributed by atoms with Gasteiger partial charge in [0, 0.05) is 39.2 Å². The molecule has 0 aromatic heterocycles. The number of rotatable bonds is 10. The summed E-state index contributed by atoms with van der Waals surface area (Å²) in [5.41, 5.74) is 1.71. The first-order chi connectivity index (χ1) is 13.0. The van der Waals surface area contributed by atoms with Crippen molar-refractivity contribution in [3.63, 3.8) is 0 Å². The van der Waals surface area contributed by atoms with E-state index >= 15 is 0 Å². The molecule has 0 atom stereocenters. The van der Waals surface area contributed by atoms with Crippen LogP contribution >= 0.6 is 24.0 Å². The third kappa shape index (κ3) is 10.5. The second-order valence-electron chi connectivity index (χ2n) is 6.41. The van der Waals surface area contributed by atoms with E-state index in [1.54, 1.807) is 19.0 Å². The van der Waals surface area contributed by atoms with Gasteiger partial charge in [-0.15, -0.1) is 24.0 Å². The van der Waals surface area contributed by atoms with Crippen LogP contribution < -0.4 is 10.6 Å². The zero-order valence-corrected chi connectivity index (χ0v) is 19.6. The third-order valence-electron chi connectivity index (χ3n) is 3.95. The highest BCUT2D eigenvalue weighted by Gasteiger charge is 2.07. The van der Waals surface area contributed by atoms with Crippen molar-refractivity contribution in [2.75, 3.05) is 34.3 Å². The molecule has 7 nitrogen and oxygen atoms in total. The molecule has 2 N–H and O–H groups in total. The smallest absolute Gasteiger partial charge is 0.305 e. The number of ether oxygens (including phenoxy) is 1. The summed E-state index contributed by atoms with van der Waals surface area (Å²) < 4.78 is 4.63. The lowest BCUT2D eigenvalue weighted by atomic mass is 10.1. The number of hydrogen-bond acceptors (Lipinski definition) is 4. The highest BCUT2D eigenvalue weighted by Crippen LogP contribution is 2.07. The molecular weight excluding hydrogens is 471 g/mol. The van der Waals surface area contributed by atoms with Crippen LogP contribution in [0.5, 0.6) is 0 Å². The quantitative estimate of drug-likeness (QED) is 0.168. The molecule has 8 heteroatoms. The van der Waals surface area contributed by atoms with Crippen molar-refractivity contribution in [2.24, 2.45) is 4.99 Å². The fraction of sp³-hybridized carbons (Fsp3) is 0.550. The minimum absolute atomic E-state index is 0. The predicted molar refractivity (Wildman–Crippen MR) is 123 cm³/mol. The average Bonchev–Trinajstić information content (AvgIpc) is 2.68. The van der Waals surface area contributed by atoms with E-state index in [0.717, 1.165) is 43.9 Å².